The molecule has 0 amide bonds. The molecular weight excluding hydrogens is 1050 g/mol. The van der Waals surface area contributed by atoms with E-state index in [0.717, 1.165) is 112 Å². The van der Waals surface area contributed by atoms with Crippen LogP contribution < -0.4 is 52.1 Å². The van der Waals surface area contributed by atoms with Crippen LogP contribution in [0.3, 0.4) is 0 Å². The minimum atomic E-state index is -0.109. The van der Waals surface area contributed by atoms with E-state index in [2.05, 4.69) is 298 Å². The van der Waals surface area contributed by atoms with Crippen molar-refractivity contribution < 1.29 is 9.47 Å². The second-order valence-electron chi connectivity index (χ2n) is 23.4. The molecule has 0 fully saturated rings. The molecule has 86 heavy (non-hydrogen) atoms. The highest BCUT2D eigenvalue weighted by molar-refractivity contribution is 7.00. The average Bonchev–Trinajstić information content (AvgIpc) is 1.26. The Morgan fingerprint density at radius 3 is 1.00 bits per heavy atom. The SMILES string of the molecule is c1ccc(N(c2ccccc2)c2cc3c4c(c2)-n2c5ccccc5c5cccc(c52)B4c2ccc4c5ccc6c(c5c5ccccc5c4c2O3)Oc2cc(N(c3ccccc3)c3ccccc3)cc3c2B6c2cccc4c5ccccc5n-3c24)cc1. The van der Waals surface area contributed by atoms with Crippen LogP contribution in [0.25, 0.3) is 87.3 Å². The topological polar surface area (TPSA) is 34.8 Å². The van der Waals surface area contributed by atoms with E-state index < -0.39 is 0 Å². The van der Waals surface area contributed by atoms with E-state index in [1.54, 1.807) is 0 Å². The first-order chi connectivity index (χ1) is 42.7. The van der Waals surface area contributed by atoms with Gasteiger partial charge in [0.15, 0.2) is 0 Å². The van der Waals surface area contributed by atoms with E-state index >= 15 is 0 Å². The van der Waals surface area contributed by atoms with Crippen molar-refractivity contribution in [3.8, 4) is 34.4 Å². The zero-order valence-electron chi connectivity index (χ0n) is 46.3. The summed E-state index contributed by atoms with van der Waals surface area (Å²) in [5.41, 5.74) is 20.6. The highest BCUT2D eigenvalue weighted by Crippen LogP contribution is 2.50. The third-order valence-corrected chi connectivity index (χ3v) is 19.1. The maximum absolute atomic E-state index is 7.79. The number of benzene rings is 14. The van der Waals surface area contributed by atoms with Gasteiger partial charge in [-0.25, -0.2) is 0 Å². The Labute approximate surface area is 495 Å². The summed E-state index contributed by atoms with van der Waals surface area (Å²) in [5.74, 6) is 3.48. The fourth-order valence-corrected chi connectivity index (χ4v) is 15.8. The molecule has 8 heteroatoms. The second-order valence-corrected chi connectivity index (χ2v) is 23.4. The van der Waals surface area contributed by atoms with Gasteiger partial charge >= 0.3 is 0 Å². The fourth-order valence-electron chi connectivity index (χ4n) is 15.8. The molecule has 0 unspecified atom stereocenters. The van der Waals surface area contributed by atoms with Gasteiger partial charge in [0.2, 0.25) is 0 Å². The van der Waals surface area contributed by atoms with E-state index in [9.17, 15) is 0 Å². The molecule has 0 atom stereocenters. The molecule has 6 heterocycles. The van der Waals surface area contributed by atoms with Crippen molar-refractivity contribution in [2.24, 2.45) is 0 Å². The lowest BCUT2D eigenvalue weighted by molar-refractivity contribution is 0.492. The minimum Gasteiger partial charge on any atom is -0.458 e. The molecule has 6 nitrogen and oxygen atoms in total. The monoisotopic (exact) mass is 1090 g/mol. The number of anilines is 6. The van der Waals surface area contributed by atoms with E-state index in [0.29, 0.717) is 0 Å². The van der Waals surface area contributed by atoms with Gasteiger partial charge in [0.1, 0.15) is 23.0 Å². The van der Waals surface area contributed by atoms with Gasteiger partial charge in [0.05, 0.1) is 22.4 Å². The molecule has 0 N–H and O–H groups in total. The van der Waals surface area contributed by atoms with Gasteiger partial charge < -0.3 is 28.4 Å². The molecule has 4 aliphatic rings. The van der Waals surface area contributed by atoms with E-state index in [4.69, 9.17) is 9.47 Å². The van der Waals surface area contributed by atoms with Crippen LogP contribution in [0.1, 0.15) is 0 Å². The molecule has 396 valence electrons. The molecule has 0 radical (unpaired) electrons. The summed E-state index contributed by atoms with van der Waals surface area (Å²) in [4.78, 5) is 4.72. The zero-order chi connectivity index (χ0) is 55.9. The van der Waals surface area contributed by atoms with Crippen LogP contribution in [-0.4, -0.2) is 22.6 Å². The quantitative estimate of drug-likeness (QED) is 0.123. The summed E-state index contributed by atoms with van der Waals surface area (Å²) in [6.45, 7) is -0.219. The Morgan fingerprint density at radius 1 is 0.267 bits per heavy atom. The fraction of sp³-hybridized carbons (Fsp3) is 0. The standard InChI is InChI=1S/C78H46B2N4O2/c1-5-21-47(22-6-1)81(48-23-7-2-8-24-48)51-43-67-73-69(45-51)85-77-63(79(73)61-35-19-33-59-53-29-15-17-37-65(53)83(67)75(59)61)41-39-57-58-40-42-64-78(72(58)56-32-14-13-31-55(56)71(57)77)86-70-46-52(82(49-25-9-3-10-26-49)50-27-11-4-12-28-50)44-68-74(70)80(64)62-36-20-34-60-54-30-16-18-38-66(54)84(68)76(60)62/h1-46H. The van der Waals surface area contributed by atoms with Gasteiger partial charge in [-0.05, 0) is 127 Å². The summed E-state index contributed by atoms with van der Waals surface area (Å²) < 4.78 is 20.6. The Morgan fingerprint density at radius 2 is 0.605 bits per heavy atom. The second kappa shape index (κ2) is 17.2. The Balaban J connectivity index is 0.857. The summed E-state index contributed by atoms with van der Waals surface area (Å²) in [5, 5.41) is 11.6. The molecular formula is C78H46B2N4O2. The molecule has 0 aliphatic carbocycles. The van der Waals surface area contributed by atoms with Gasteiger partial charge in [-0.3, -0.25) is 0 Å². The van der Waals surface area contributed by atoms with Gasteiger partial charge in [0, 0.05) is 89.6 Å². The predicted molar refractivity (Wildman–Crippen MR) is 359 cm³/mol. The maximum Gasteiger partial charge on any atom is 0.256 e. The number of para-hydroxylation sites is 8. The predicted octanol–water partition coefficient (Wildman–Crippen LogP) is 16.2. The number of ether oxygens (including phenoxy) is 2. The summed E-state index contributed by atoms with van der Waals surface area (Å²) in [7, 11) is 0. The van der Waals surface area contributed by atoms with Crippen molar-refractivity contribution >= 4 is 156 Å². The minimum absolute atomic E-state index is 0.109. The average molecular weight is 1090 g/mol. The first-order valence-corrected chi connectivity index (χ1v) is 29.7. The summed E-state index contributed by atoms with van der Waals surface area (Å²) in [6.07, 6.45) is 0. The van der Waals surface area contributed by atoms with Gasteiger partial charge in [-0.15, -0.1) is 0 Å². The molecule has 20 rings (SSSR count). The van der Waals surface area contributed by atoms with Crippen LogP contribution in [0.4, 0.5) is 34.1 Å². The molecule has 2 aromatic heterocycles. The largest absolute Gasteiger partial charge is 0.458 e. The lowest BCUT2D eigenvalue weighted by atomic mass is 9.34. The van der Waals surface area contributed by atoms with Crippen molar-refractivity contribution in [2.75, 3.05) is 9.80 Å². The van der Waals surface area contributed by atoms with E-state index in [1.165, 1.54) is 65.5 Å². The molecule has 0 bridgehead atoms. The van der Waals surface area contributed by atoms with Crippen LogP contribution in [0.15, 0.2) is 279 Å². The highest BCUT2D eigenvalue weighted by atomic mass is 16.5. The Hall–Kier alpha value is -11.2. The van der Waals surface area contributed by atoms with Crippen molar-refractivity contribution in [1.82, 2.24) is 9.13 Å². The van der Waals surface area contributed by atoms with Crippen LogP contribution >= 0.6 is 0 Å². The number of aromatic nitrogens is 2. The Kier molecular flexibility index (Phi) is 9.26. The third kappa shape index (κ3) is 6.11. The lowest BCUT2D eigenvalue weighted by Crippen LogP contribution is -2.58. The normalized spacial score (nSPS) is 13.0. The van der Waals surface area contributed by atoms with Crippen molar-refractivity contribution in [1.29, 1.82) is 0 Å². The third-order valence-electron chi connectivity index (χ3n) is 19.1. The number of hydrogen-bond donors (Lipinski definition) is 0. The molecule has 0 spiro atoms. The first kappa shape index (κ1) is 46.3. The van der Waals surface area contributed by atoms with Gasteiger partial charge in [-0.2, -0.15) is 0 Å². The number of rotatable bonds is 6. The van der Waals surface area contributed by atoms with Crippen molar-refractivity contribution in [3.63, 3.8) is 0 Å². The number of fused-ring (bicyclic) bond motifs is 22. The lowest BCUT2D eigenvalue weighted by Gasteiger charge is -2.36. The zero-order valence-corrected chi connectivity index (χ0v) is 46.3. The summed E-state index contributed by atoms with van der Waals surface area (Å²) in [6, 6.07) is 102. The highest BCUT2D eigenvalue weighted by Gasteiger charge is 2.45. The van der Waals surface area contributed by atoms with E-state index in [1.807, 2.05) is 0 Å². The smallest absolute Gasteiger partial charge is 0.256 e. The first-order valence-electron chi connectivity index (χ1n) is 29.7. The molecule has 14 aromatic carbocycles. The van der Waals surface area contributed by atoms with Gasteiger partial charge in [0.25, 0.3) is 13.4 Å². The summed E-state index contributed by atoms with van der Waals surface area (Å²) >= 11 is 0. The number of nitrogens with zero attached hydrogens (tertiary/aromatic N) is 4. The van der Waals surface area contributed by atoms with Gasteiger partial charge in [-0.1, -0.05) is 194 Å². The van der Waals surface area contributed by atoms with Crippen LogP contribution in [0, 0.1) is 0 Å². The molecule has 0 saturated carbocycles. The van der Waals surface area contributed by atoms with Crippen LogP contribution in [-0.2, 0) is 0 Å². The molecule has 0 saturated heterocycles. The Bertz CT molecular complexity index is 5180. The molecule has 4 aliphatic heterocycles. The van der Waals surface area contributed by atoms with Crippen LogP contribution in [0.5, 0.6) is 23.0 Å². The van der Waals surface area contributed by atoms with E-state index in [-0.39, 0.29) is 13.4 Å². The van der Waals surface area contributed by atoms with Crippen molar-refractivity contribution in [3.05, 3.63) is 279 Å². The van der Waals surface area contributed by atoms with Crippen molar-refractivity contribution in [2.45, 2.75) is 0 Å². The van der Waals surface area contributed by atoms with Crippen LogP contribution in [0.2, 0.25) is 0 Å². The molecule has 16 aromatic rings. The maximum atomic E-state index is 7.79. The number of hydrogen-bond acceptors (Lipinski definition) is 4.